The van der Waals surface area contributed by atoms with E-state index in [0.717, 1.165) is 0 Å². The van der Waals surface area contributed by atoms with Crippen molar-refractivity contribution in [2.24, 2.45) is 0 Å². The van der Waals surface area contributed by atoms with E-state index in [-0.39, 0.29) is 5.75 Å². The van der Waals surface area contributed by atoms with Crippen LogP contribution in [0, 0.1) is 0 Å². The Morgan fingerprint density at radius 3 is 2.67 bits per heavy atom. The highest BCUT2D eigenvalue weighted by Crippen LogP contribution is 2.35. The Morgan fingerprint density at radius 2 is 2.17 bits per heavy atom. The van der Waals surface area contributed by atoms with E-state index in [9.17, 15) is 5.11 Å². The fourth-order valence-corrected chi connectivity index (χ4v) is 0.975. The number of nitrogens with two attached hydrogens (primary N) is 1. The SMILES string of the molecule is CNc1cc(N)cc(OC)c1O. The Bertz CT molecular complexity index is 261. The van der Waals surface area contributed by atoms with E-state index in [1.165, 1.54) is 7.11 Å². The smallest absolute Gasteiger partial charge is 0.181 e. The maximum absolute atomic E-state index is 9.47. The van der Waals surface area contributed by atoms with Crippen LogP contribution in [0.4, 0.5) is 11.4 Å². The lowest BCUT2D eigenvalue weighted by Crippen LogP contribution is -1.94. The number of methoxy groups -OCH3 is 1. The molecule has 1 aromatic carbocycles. The van der Waals surface area contributed by atoms with Gasteiger partial charge in [-0.05, 0) is 6.07 Å². The van der Waals surface area contributed by atoms with Crippen LogP contribution in [0.25, 0.3) is 0 Å². The first-order valence-corrected chi connectivity index (χ1v) is 3.53. The van der Waals surface area contributed by atoms with Gasteiger partial charge in [-0.3, -0.25) is 0 Å². The summed E-state index contributed by atoms with van der Waals surface area (Å²) in [5, 5.41) is 12.3. The Balaban J connectivity index is 3.22. The summed E-state index contributed by atoms with van der Waals surface area (Å²) < 4.78 is 4.90. The molecule has 0 atom stereocenters. The van der Waals surface area contributed by atoms with Crippen molar-refractivity contribution in [3.8, 4) is 11.5 Å². The molecule has 0 aliphatic carbocycles. The number of ether oxygens (including phenoxy) is 1. The zero-order chi connectivity index (χ0) is 9.14. The number of benzene rings is 1. The molecule has 0 saturated carbocycles. The first kappa shape index (κ1) is 8.52. The van der Waals surface area contributed by atoms with Gasteiger partial charge >= 0.3 is 0 Å². The van der Waals surface area contributed by atoms with E-state index in [1.807, 2.05) is 0 Å². The van der Waals surface area contributed by atoms with Crippen molar-refractivity contribution < 1.29 is 9.84 Å². The summed E-state index contributed by atoms with van der Waals surface area (Å²) >= 11 is 0. The van der Waals surface area contributed by atoms with Crippen molar-refractivity contribution in [2.45, 2.75) is 0 Å². The van der Waals surface area contributed by atoms with E-state index < -0.39 is 0 Å². The quantitative estimate of drug-likeness (QED) is 0.350. The lowest BCUT2D eigenvalue weighted by Gasteiger charge is -2.09. The van der Waals surface area contributed by atoms with Gasteiger partial charge in [-0.1, -0.05) is 0 Å². The normalized spacial score (nSPS) is 9.50. The molecule has 0 aliphatic rings. The molecule has 0 aromatic heterocycles. The number of phenolic OH excluding ortho intramolecular Hbond substituents is 1. The van der Waals surface area contributed by atoms with Gasteiger partial charge in [0.2, 0.25) is 0 Å². The maximum atomic E-state index is 9.47. The molecule has 66 valence electrons. The van der Waals surface area contributed by atoms with Gasteiger partial charge in [0.25, 0.3) is 0 Å². The van der Waals surface area contributed by atoms with Crippen LogP contribution in [0.5, 0.6) is 11.5 Å². The predicted molar refractivity (Wildman–Crippen MR) is 48.6 cm³/mol. The average Bonchev–Trinajstić information content (AvgIpc) is 2.08. The molecule has 0 radical (unpaired) electrons. The Hall–Kier alpha value is -1.58. The fourth-order valence-electron chi connectivity index (χ4n) is 0.975. The van der Waals surface area contributed by atoms with E-state index in [4.69, 9.17) is 10.5 Å². The van der Waals surface area contributed by atoms with Crippen LogP contribution in [0.2, 0.25) is 0 Å². The van der Waals surface area contributed by atoms with Crippen LogP contribution in [-0.2, 0) is 0 Å². The molecule has 0 heterocycles. The number of phenols is 1. The lowest BCUT2D eigenvalue weighted by molar-refractivity contribution is 0.375. The minimum absolute atomic E-state index is 0.0780. The van der Waals surface area contributed by atoms with Crippen molar-refractivity contribution in [2.75, 3.05) is 25.2 Å². The van der Waals surface area contributed by atoms with Crippen molar-refractivity contribution in [3.05, 3.63) is 12.1 Å². The topological polar surface area (TPSA) is 67.5 Å². The molecule has 0 unspecified atom stereocenters. The molecule has 1 aromatic rings. The van der Waals surface area contributed by atoms with Crippen molar-refractivity contribution in [1.29, 1.82) is 0 Å². The summed E-state index contributed by atoms with van der Waals surface area (Å²) in [5.41, 5.74) is 6.66. The van der Waals surface area contributed by atoms with Crippen molar-refractivity contribution in [1.82, 2.24) is 0 Å². The number of nitrogen functional groups attached to an aromatic ring is 1. The first-order valence-electron chi connectivity index (χ1n) is 3.53. The lowest BCUT2D eigenvalue weighted by atomic mass is 10.2. The van der Waals surface area contributed by atoms with Crippen LogP contribution in [0.3, 0.4) is 0 Å². The zero-order valence-electron chi connectivity index (χ0n) is 7.09. The highest BCUT2D eigenvalue weighted by atomic mass is 16.5. The number of nitrogens with one attached hydrogen (secondary N) is 1. The second-order valence-electron chi connectivity index (χ2n) is 2.37. The third-order valence-corrected chi connectivity index (χ3v) is 1.59. The minimum Gasteiger partial charge on any atom is -0.503 e. The van der Waals surface area contributed by atoms with E-state index >= 15 is 0 Å². The second-order valence-corrected chi connectivity index (χ2v) is 2.37. The summed E-state index contributed by atoms with van der Waals surface area (Å²) in [5.74, 6) is 0.452. The summed E-state index contributed by atoms with van der Waals surface area (Å²) in [7, 11) is 3.18. The molecule has 0 aliphatic heterocycles. The molecule has 4 heteroatoms. The van der Waals surface area contributed by atoms with Crippen LogP contribution in [0.15, 0.2) is 12.1 Å². The predicted octanol–water partition coefficient (Wildman–Crippen LogP) is 1.02. The Morgan fingerprint density at radius 1 is 1.50 bits per heavy atom. The fraction of sp³-hybridized carbons (Fsp3) is 0.250. The Kier molecular flexibility index (Phi) is 2.28. The summed E-state index contributed by atoms with van der Waals surface area (Å²) in [6.07, 6.45) is 0. The molecule has 4 nitrogen and oxygen atoms in total. The number of aromatic hydroxyl groups is 1. The van der Waals surface area contributed by atoms with Crippen LogP contribution < -0.4 is 15.8 Å². The van der Waals surface area contributed by atoms with Gasteiger partial charge in [0, 0.05) is 18.8 Å². The highest BCUT2D eigenvalue weighted by molar-refractivity contribution is 5.68. The van der Waals surface area contributed by atoms with Crippen molar-refractivity contribution >= 4 is 11.4 Å². The van der Waals surface area contributed by atoms with Gasteiger partial charge in [-0.2, -0.15) is 0 Å². The van der Waals surface area contributed by atoms with Crippen LogP contribution in [-0.4, -0.2) is 19.3 Å². The maximum Gasteiger partial charge on any atom is 0.181 e. The van der Waals surface area contributed by atoms with Gasteiger partial charge in [-0.25, -0.2) is 0 Å². The van der Waals surface area contributed by atoms with E-state index in [0.29, 0.717) is 17.1 Å². The standard InChI is InChI=1S/C8H12N2O2/c1-10-6-3-5(9)4-7(12-2)8(6)11/h3-4,10-11H,9H2,1-2H3. The van der Waals surface area contributed by atoms with Crippen molar-refractivity contribution in [3.63, 3.8) is 0 Å². The monoisotopic (exact) mass is 168 g/mol. The molecule has 0 amide bonds. The number of rotatable bonds is 2. The van der Waals surface area contributed by atoms with Gasteiger partial charge in [-0.15, -0.1) is 0 Å². The number of anilines is 2. The molecule has 0 spiro atoms. The second kappa shape index (κ2) is 3.21. The number of hydrogen-bond donors (Lipinski definition) is 3. The summed E-state index contributed by atoms with van der Waals surface area (Å²) in [4.78, 5) is 0. The van der Waals surface area contributed by atoms with Crippen LogP contribution >= 0.6 is 0 Å². The summed E-state index contributed by atoms with van der Waals surface area (Å²) in [6, 6.07) is 3.20. The molecular weight excluding hydrogens is 156 g/mol. The molecular formula is C8H12N2O2. The van der Waals surface area contributed by atoms with Gasteiger partial charge < -0.3 is 20.9 Å². The Labute approximate surface area is 71.0 Å². The van der Waals surface area contributed by atoms with Gasteiger partial charge in [0.15, 0.2) is 11.5 Å². The molecule has 0 bridgehead atoms. The van der Waals surface area contributed by atoms with Gasteiger partial charge in [0.1, 0.15) is 0 Å². The molecule has 0 fully saturated rings. The van der Waals surface area contributed by atoms with E-state index in [1.54, 1.807) is 19.2 Å². The third kappa shape index (κ3) is 1.37. The highest BCUT2D eigenvalue weighted by Gasteiger charge is 2.07. The zero-order valence-corrected chi connectivity index (χ0v) is 7.09. The average molecular weight is 168 g/mol. The summed E-state index contributed by atoms with van der Waals surface area (Å²) in [6.45, 7) is 0. The molecule has 12 heavy (non-hydrogen) atoms. The van der Waals surface area contributed by atoms with Gasteiger partial charge in [0.05, 0.1) is 12.8 Å². The molecule has 0 saturated heterocycles. The van der Waals surface area contributed by atoms with Crippen LogP contribution in [0.1, 0.15) is 0 Å². The number of hydrogen-bond acceptors (Lipinski definition) is 4. The largest absolute Gasteiger partial charge is 0.503 e. The molecule has 4 N–H and O–H groups in total. The third-order valence-electron chi connectivity index (χ3n) is 1.59. The van der Waals surface area contributed by atoms with E-state index in [2.05, 4.69) is 5.32 Å². The minimum atomic E-state index is 0.0780. The first-order chi connectivity index (χ1) is 5.69. The molecule has 1 rings (SSSR count).